The molecule has 7 heteroatoms. The first-order valence-electron chi connectivity index (χ1n) is 9.05. The lowest BCUT2D eigenvalue weighted by Crippen LogP contribution is -2.31. The number of sulfone groups is 1. The minimum absolute atomic E-state index is 0.0452. The van der Waals surface area contributed by atoms with Gasteiger partial charge in [-0.2, -0.15) is 0 Å². The predicted octanol–water partition coefficient (Wildman–Crippen LogP) is 3.33. The number of carbonyl (C=O) groups is 1. The van der Waals surface area contributed by atoms with Gasteiger partial charge in [0.1, 0.15) is 11.0 Å². The van der Waals surface area contributed by atoms with Crippen molar-refractivity contribution in [2.24, 2.45) is 0 Å². The summed E-state index contributed by atoms with van der Waals surface area (Å²) >= 11 is 0. The van der Waals surface area contributed by atoms with Crippen molar-refractivity contribution in [3.8, 4) is 0 Å². The fourth-order valence-electron chi connectivity index (χ4n) is 2.91. The Balaban J connectivity index is 1.62. The van der Waals surface area contributed by atoms with E-state index in [0.717, 1.165) is 12.0 Å². The molecule has 1 unspecified atom stereocenters. The molecule has 6 nitrogen and oxygen atoms in total. The van der Waals surface area contributed by atoms with Crippen molar-refractivity contribution in [3.05, 3.63) is 84.6 Å². The van der Waals surface area contributed by atoms with Gasteiger partial charge < -0.3 is 9.73 Å². The van der Waals surface area contributed by atoms with Crippen molar-refractivity contribution in [3.63, 3.8) is 0 Å². The molecule has 0 aliphatic rings. The van der Waals surface area contributed by atoms with Gasteiger partial charge in [0.2, 0.25) is 5.91 Å². The number of hydrogen-bond acceptors (Lipinski definition) is 5. The molecule has 1 N–H and O–H groups in total. The number of amides is 1. The van der Waals surface area contributed by atoms with Crippen LogP contribution in [0.3, 0.4) is 0 Å². The van der Waals surface area contributed by atoms with Crippen molar-refractivity contribution in [2.45, 2.75) is 29.4 Å². The summed E-state index contributed by atoms with van der Waals surface area (Å²) in [5, 5.41) is 1.76. The number of hydrogen-bond donors (Lipinski definition) is 1. The molecule has 0 spiro atoms. The number of nitrogens with zero attached hydrogens (tertiary/aromatic N) is 1. The van der Waals surface area contributed by atoms with Crippen LogP contribution >= 0.6 is 0 Å². The molecule has 28 heavy (non-hydrogen) atoms. The molecule has 1 amide bonds. The lowest BCUT2D eigenvalue weighted by Gasteiger charge is -2.16. The summed E-state index contributed by atoms with van der Waals surface area (Å²) in [5.74, 6) is 0.114. The standard InChI is InChI=1S/C21H22N2O4S/c24-21(12-4-7-17-8-5-13-22-15-17)23-16-20(19-11-6-14-27-19)28(25,26)18-9-2-1-3-10-18/h1-3,5-6,8-11,13-15,20H,4,7,12,16H2,(H,23,24). The Bertz CT molecular complexity index is 972. The molecule has 1 atom stereocenters. The molecule has 0 saturated carbocycles. The Morgan fingerprint density at radius 2 is 1.89 bits per heavy atom. The van der Waals surface area contributed by atoms with E-state index < -0.39 is 15.1 Å². The van der Waals surface area contributed by atoms with E-state index in [0.29, 0.717) is 18.6 Å². The molecule has 0 aliphatic carbocycles. The quantitative estimate of drug-likeness (QED) is 0.597. The number of carbonyl (C=O) groups excluding carboxylic acids is 1. The Labute approximate surface area is 164 Å². The summed E-state index contributed by atoms with van der Waals surface area (Å²) in [6, 6.07) is 15.2. The molecule has 3 rings (SSSR count). The van der Waals surface area contributed by atoms with Crippen molar-refractivity contribution in [2.75, 3.05) is 6.54 Å². The highest BCUT2D eigenvalue weighted by Crippen LogP contribution is 2.28. The van der Waals surface area contributed by atoms with Crippen LogP contribution in [-0.4, -0.2) is 25.9 Å². The number of nitrogens with one attached hydrogen (secondary N) is 1. The van der Waals surface area contributed by atoms with Gasteiger partial charge in [0.05, 0.1) is 11.2 Å². The first kappa shape index (κ1) is 19.8. The van der Waals surface area contributed by atoms with E-state index in [4.69, 9.17) is 4.42 Å². The van der Waals surface area contributed by atoms with Crippen LogP contribution in [-0.2, 0) is 21.1 Å². The van der Waals surface area contributed by atoms with E-state index in [1.165, 1.54) is 6.26 Å². The normalized spacial score (nSPS) is 12.4. The summed E-state index contributed by atoms with van der Waals surface area (Å²) in [6.45, 7) is -0.0452. The van der Waals surface area contributed by atoms with E-state index in [1.54, 1.807) is 54.9 Å². The van der Waals surface area contributed by atoms with Crippen LogP contribution in [0.2, 0.25) is 0 Å². The van der Waals surface area contributed by atoms with E-state index in [1.807, 2.05) is 12.1 Å². The van der Waals surface area contributed by atoms with E-state index in [9.17, 15) is 13.2 Å². The van der Waals surface area contributed by atoms with Gasteiger partial charge >= 0.3 is 0 Å². The van der Waals surface area contributed by atoms with Crippen LogP contribution in [0, 0.1) is 0 Å². The monoisotopic (exact) mass is 398 g/mol. The molecule has 0 radical (unpaired) electrons. The third kappa shape index (κ3) is 5.07. The minimum atomic E-state index is -3.70. The summed E-state index contributed by atoms with van der Waals surface area (Å²) in [4.78, 5) is 16.5. The van der Waals surface area contributed by atoms with Crippen molar-refractivity contribution in [1.82, 2.24) is 10.3 Å². The zero-order valence-corrected chi connectivity index (χ0v) is 16.1. The summed E-state index contributed by atoms with van der Waals surface area (Å²) in [6.07, 6.45) is 6.62. The molecule has 0 fully saturated rings. The van der Waals surface area contributed by atoms with E-state index >= 15 is 0 Å². The number of rotatable bonds is 9. The average molecular weight is 398 g/mol. The number of aryl methyl sites for hydroxylation is 1. The molecule has 2 heterocycles. The van der Waals surface area contributed by atoms with Crippen LogP contribution in [0.4, 0.5) is 0 Å². The average Bonchev–Trinajstić information content (AvgIpc) is 3.24. The van der Waals surface area contributed by atoms with Gasteiger partial charge in [0, 0.05) is 25.4 Å². The smallest absolute Gasteiger partial charge is 0.220 e. The Kier molecular flexibility index (Phi) is 6.60. The zero-order chi connectivity index (χ0) is 19.8. The van der Waals surface area contributed by atoms with Crippen LogP contribution in [0.15, 0.2) is 82.6 Å². The third-order valence-electron chi connectivity index (χ3n) is 4.38. The zero-order valence-electron chi connectivity index (χ0n) is 15.3. The highest BCUT2D eigenvalue weighted by molar-refractivity contribution is 7.91. The second-order valence-corrected chi connectivity index (χ2v) is 8.51. The van der Waals surface area contributed by atoms with Crippen molar-refractivity contribution < 1.29 is 17.6 Å². The molecule has 3 aromatic rings. The van der Waals surface area contributed by atoms with Gasteiger partial charge in [-0.15, -0.1) is 0 Å². The van der Waals surface area contributed by atoms with Crippen LogP contribution in [0.5, 0.6) is 0 Å². The topological polar surface area (TPSA) is 89.3 Å². The molecule has 0 saturated heterocycles. The fourth-order valence-corrected chi connectivity index (χ4v) is 4.51. The molecule has 0 bridgehead atoms. The summed E-state index contributed by atoms with van der Waals surface area (Å²) < 4.78 is 31.4. The number of pyridine rings is 1. The molecular weight excluding hydrogens is 376 g/mol. The number of furan rings is 1. The Morgan fingerprint density at radius 1 is 1.07 bits per heavy atom. The first-order chi connectivity index (χ1) is 13.6. The first-order valence-corrected chi connectivity index (χ1v) is 10.6. The lowest BCUT2D eigenvalue weighted by atomic mass is 10.1. The molecule has 1 aromatic carbocycles. The highest BCUT2D eigenvalue weighted by Gasteiger charge is 2.31. The fraction of sp³-hybridized carbons (Fsp3) is 0.238. The Hall–Kier alpha value is -2.93. The second-order valence-electron chi connectivity index (χ2n) is 6.38. The second kappa shape index (κ2) is 9.32. The van der Waals surface area contributed by atoms with E-state index in [-0.39, 0.29) is 17.3 Å². The Morgan fingerprint density at radius 3 is 2.57 bits per heavy atom. The SMILES string of the molecule is O=C(CCCc1cccnc1)NCC(c1ccco1)S(=O)(=O)c1ccccc1. The molecule has 0 aliphatic heterocycles. The van der Waals surface area contributed by atoms with Gasteiger partial charge in [0.15, 0.2) is 9.84 Å². The van der Waals surface area contributed by atoms with Gasteiger partial charge in [-0.3, -0.25) is 9.78 Å². The number of aromatic nitrogens is 1. The highest BCUT2D eigenvalue weighted by atomic mass is 32.2. The van der Waals surface area contributed by atoms with Crippen LogP contribution < -0.4 is 5.32 Å². The largest absolute Gasteiger partial charge is 0.468 e. The van der Waals surface area contributed by atoms with Gasteiger partial charge in [-0.1, -0.05) is 24.3 Å². The lowest BCUT2D eigenvalue weighted by molar-refractivity contribution is -0.121. The third-order valence-corrected chi connectivity index (χ3v) is 6.46. The number of benzene rings is 1. The molecule has 146 valence electrons. The summed E-state index contributed by atoms with van der Waals surface area (Å²) in [7, 11) is -3.70. The van der Waals surface area contributed by atoms with Gasteiger partial charge in [-0.25, -0.2) is 8.42 Å². The molecule has 2 aromatic heterocycles. The van der Waals surface area contributed by atoms with Crippen molar-refractivity contribution in [1.29, 1.82) is 0 Å². The van der Waals surface area contributed by atoms with Gasteiger partial charge in [-0.05, 0) is 48.7 Å². The minimum Gasteiger partial charge on any atom is -0.468 e. The maximum absolute atomic E-state index is 13.0. The van der Waals surface area contributed by atoms with Gasteiger partial charge in [0.25, 0.3) is 0 Å². The van der Waals surface area contributed by atoms with Crippen LogP contribution in [0.1, 0.15) is 29.4 Å². The summed E-state index contributed by atoms with van der Waals surface area (Å²) in [5.41, 5.74) is 1.07. The van der Waals surface area contributed by atoms with E-state index in [2.05, 4.69) is 10.3 Å². The van der Waals surface area contributed by atoms with Crippen LogP contribution in [0.25, 0.3) is 0 Å². The predicted molar refractivity (Wildman–Crippen MR) is 105 cm³/mol. The molecular formula is C21H22N2O4S. The van der Waals surface area contributed by atoms with Crippen molar-refractivity contribution >= 4 is 15.7 Å². The maximum Gasteiger partial charge on any atom is 0.220 e. The maximum atomic E-state index is 13.0.